The fourth-order valence-electron chi connectivity index (χ4n) is 2.51. The number of nitrogens with one attached hydrogen (secondary N) is 1. The largest absolute Gasteiger partial charge is 0.383 e. The van der Waals surface area contributed by atoms with E-state index in [2.05, 4.69) is 34.0 Å². The van der Waals surface area contributed by atoms with Gasteiger partial charge in [-0.1, -0.05) is 0 Å². The normalized spacial score (nSPS) is 16.2. The van der Waals surface area contributed by atoms with Crippen LogP contribution in [0.15, 0.2) is 6.33 Å². The molecule has 0 spiro atoms. The molecule has 1 aromatic rings. The first-order chi connectivity index (χ1) is 9.19. The topological polar surface area (TPSA) is 50.3 Å². The van der Waals surface area contributed by atoms with Crippen molar-refractivity contribution in [1.82, 2.24) is 9.97 Å². The van der Waals surface area contributed by atoms with E-state index in [1.54, 1.807) is 13.4 Å². The van der Waals surface area contributed by atoms with Crippen molar-refractivity contribution in [3.8, 4) is 0 Å². The fourth-order valence-corrected chi connectivity index (χ4v) is 2.51. The van der Waals surface area contributed by atoms with Gasteiger partial charge in [-0.2, -0.15) is 0 Å². The molecule has 0 radical (unpaired) electrons. The smallest absolute Gasteiger partial charge is 0.137 e. The van der Waals surface area contributed by atoms with E-state index < -0.39 is 0 Å². The molecule has 1 unspecified atom stereocenters. The molecule has 1 aliphatic carbocycles. The highest BCUT2D eigenvalue weighted by molar-refractivity contribution is 5.58. The Balaban J connectivity index is 2.25. The average molecular weight is 264 g/mol. The van der Waals surface area contributed by atoms with Crippen molar-refractivity contribution in [2.45, 2.75) is 32.7 Å². The van der Waals surface area contributed by atoms with E-state index in [9.17, 15) is 0 Å². The summed E-state index contributed by atoms with van der Waals surface area (Å²) in [5, 5.41) is 3.12. The van der Waals surface area contributed by atoms with Gasteiger partial charge in [0.25, 0.3) is 0 Å². The van der Waals surface area contributed by atoms with Crippen molar-refractivity contribution in [1.29, 1.82) is 0 Å². The van der Waals surface area contributed by atoms with E-state index in [1.165, 1.54) is 12.8 Å². The number of anilines is 2. The molecule has 1 aliphatic rings. The molecule has 0 amide bonds. The van der Waals surface area contributed by atoms with Crippen molar-refractivity contribution in [2.75, 3.05) is 37.5 Å². The SMILES string of the molecule is CNc1ncnc(N(CCOC)C(C)C2CC2)c1C. The summed E-state index contributed by atoms with van der Waals surface area (Å²) in [5.74, 6) is 2.72. The van der Waals surface area contributed by atoms with Gasteiger partial charge in [-0.05, 0) is 32.6 Å². The average Bonchev–Trinajstić information content (AvgIpc) is 3.25. The van der Waals surface area contributed by atoms with Crippen LogP contribution in [0, 0.1) is 12.8 Å². The molecule has 5 nitrogen and oxygen atoms in total. The lowest BCUT2D eigenvalue weighted by Crippen LogP contribution is -2.38. The molecule has 5 heteroatoms. The summed E-state index contributed by atoms with van der Waals surface area (Å²) in [6, 6.07) is 0.508. The van der Waals surface area contributed by atoms with Crippen LogP contribution in [0.5, 0.6) is 0 Å². The zero-order valence-electron chi connectivity index (χ0n) is 12.3. The highest BCUT2D eigenvalue weighted by Gasteiger charge is 2.33. The van der Waals surface area contributed by atoms with Crippen LogP contribution in [0.3, 0.4) is 0 Å². The molecule has 0 aromatic carbocycles. The van der Waals surface area contributed by atoms with Crippen molar-refractivity contribution in [3.63, 3.8) is 0 Å². The van der Waals surface area contributed by atoms with Gasteiger partial charge < -0.3 is 15.0 Å². The Bertz CT molecular complexity index is 420. The summed E-state index contributed by atoms with van der Waals surface area (Å²) >= 11 is 0. The number of aromatic nitrogens is 2. The number of nitrogens with zero attached hydrogens (tertiary/aromatic N) is 3. The fraction of sp³-hybridized carbons (Fsp3) is 0.714. The van der Waals surface area contributed by atoms with Crippen molar-refractivity contribution >= 4 is 11.6 Å². The molecule has 1 saturated carbocycles. The molecule has 1 fully saturated rings. The van der Waals surface area contributed by atoms with Crippen molar-refractivity contribution in [2.24, 2.45) is 5.92 Å². The first kappa shape index (κ1) is 14.1. The second kappa shape index (κ2) is 6.19. The van der Waals surface area contributed by atoms with E-state index in [4.69, 9.17) is 4.74 Å². The van der Waals surface area contributed by atoms with Gasteiger partial charge in [0.1, 0.15) is 18.0 Å². The van der Waals surface area contributed by atoms with Gasteiger partial charge in [-0.25, -0.2) is 9.97 Å². The van der Waals surface area contributed by atoms with E-state index >= 15 is 0 Å². The third-order valence-electron chi connectivity index (χ3n) is 3.90. The summed E-state index contributed by atoms with van der Waals surface area (Å²) < 4.78 is 5.24. The second-order valence-corrected chi connectivity index (χ2v) is 5.19. The Morgan fingerprint density at radius 2 is 2.21 bits per heavy atom. The Morgan fingerprint density at radius 3 is 2.79 bits per heavy atom. The van der Waals surface area contributed by atoms with Gasteiger partial charge >= 0.3 is 0 Å². The van der Waals surface area contributed by atoms with Gasteiger partial charge in [0, 0.05) is 32.3 Å². The monoisotopic (exact) mass is 264 g/mol. The maximum atomic E-state index is 5.24. The van der Waals surface area contributed by atoms with E-state index in [-0.39, 0.29) is 0 Å². The minimum Gasteiger partial charge on any atom is -0.383 e. The quantitative estimate of drug-likeness (QED) is 0.817. The van der Waals surface area contributed by atoms with Gasteiger partial charge in [0.15, 0.2) is 0 Å². The molecule has 19 heavy (non-hydrogen) atoms. The minimum absolute atomic E-state index is 0.508. The maximum absolute atomic E-state index is 5.24. The number of methoxy groups -OCH3 is 1. The summed E-state index contributed by atoms with van der Waals surface area (Å²) in [6.45, 7) is 5.94. The predicted octanol–water partition coefficient (Wildman–Crippen LogP) is 2.08. The first-order valence-electron chi connectivity index (χ1n) is 6.94. The maximum Gasteiger partial charge on any atom is 0.137 e. The van der Waals surface area contributed by atoms with Crippen LogP contribution in [-0.4, -0.2) is 43.3 Å². The lowest BCUT2D eigenvalue weighted by Gasteiger charge is -2.31. The lowest BCUT2D eigenvalue weighted by molar-refractivity contribution is 0.202. The van der Waals surface area contributed by atoms with Crippen LogP contribution in [0.4, 0.5) is 11.6 Å². The predicted molar refractivity (Wildman–Crippen MR) is 77.7 cm³/mol. The lowest BCUT2D eigenvalue weighted by atomic mass is 10.1. The van der Waals surface area contributed by atoms with Crippen LogP contribution >= 0.6 is 0 Å². The van der Waals surface area contributed by atoms with Crippen molar-refractivity contribution < 1.29 is 4.74 Å². The van der Waals surface area contributed by atoms with Gasteiger partial charge in [-0.15, -0.1) is 0 Å². The Kier molecular flexibility index (Phi) is 4.58. The van der Waals surface area contributed by atoms with Gasteiger partial charge in [0.05, 0.1) is 6.61 Å². The molecule has 106 valence electrons. The molecule has 1 heterocycles. The standard InChI is InChI=1S/C14H24N4O/c1-10-13(15-3)16-9-17-14(10)18(7-8-19-4)11(2)12-5-6-12/h9,11-12H,5-8H2,1-4H3,(H,15,16,17). The Hall–Kier alpha value is -1.36. The zero-order valence-corrected chi connectivity index (χ0v) is 12.3. The van der Waals surface area contributed by atoms with Gasteiger partial charge in [-0.3, -0.25) is 0 Å². The van der Waals surface area contributed by atoms with Crippen LogP contribution in [0.2, 0.25) is 0 Å². The molecule has 0 bridgehead atoms. The third kappa shape index (κ3) is 3.15. The van der Waals surface area contributed by atoms with E-state index in [0.717, 1.165) is 36.3 Å². The third-order valence-corrected chi connectivity index (χ3v) is 3.90. The summed E-state index contributed by atoms with van der Waals surface area (Å²) in [4.78, 5) is 11.1. The highest BCUT2D eigenvalue weighted by Crippen LogP contribution is 2.37. The molecule has 1 N–H and O–H groups in total. The van der Waals surface area contributed by atoms with Gasteiger partial charge in [0.2, 0.25) is 0 Å². The van der Waals surface area contributed by atoms with Crippen molar-refractivity contribution in [3.05, 3.63) is 11.9 Å². The molecule has 1 atom stereocenters. The van der Waals surface area contributed by atoms with Crippen LogP contribution in [0.25, 0.3) is 0 Å². The van der Waals surface area contributed by atoms with E-state index in [0.29, 0.717) is 6.04 Å². The number of hydrogen-bond donors (Lipinski definition) is 1. The van der Waals surface area contributed by atoms with Crippen LogP contribution in [-0.2, 0) is 4.74 Å². The Morgan fingerprint density at radius 1 is 1.47 bits per heavy atom. The summed E-state index contributed by atoms with van der Waals surface area (Å²) in [6.07, 6.45) is 4.29. The van der Waals surface area contributed by atoms with Crippen LogP contribution in [0.1, 0.15) is 25.3 Å². The molecule has 0 saturated heterocycles. The minimum atomic E-state index is 0.508. The zero-order chi connectivity index (χ0) is 13.8. The highest BCUT2D eigenvalue weighted by atomic mass is 16.5. The number of rotatable bonds is 7. The number of hydrogen-bond acceptors (Lipinski definition) is 5. The molecule has 0 aliphatic heterocycles. The first-order valence-corrected chi connectivity index (χ1v) is 6.94. The summed E-state index contributed by atoms with van der Waals surface area (Å²) in [5.41, 5.74) is 1.11. The summed E-state index contributed by atoms with van der Waals surface area (Å²) in [7, 11) is 3.63. The molecular weight excluding hydrogens is 240 g/mol. The van der Waals surface area contributed by atoms with Crippen LogP contribution < -0.4 is 10.2 Å². The van der Waals surface area contributed by atoms with E-state index in [1.807, 2.05) is 7.05 Å². The Labute approximate surface area is 115 Å². The molecule has 2 rings (SSSR count). The second-order valence-electron chi connectivity index (χ2n) is 5.19. The molecule has 1 aromatic heterocycles. The molecular formula is C14H24N4O. The number of ether oxygens (including phenoxy) is 1.